The average Bonchev–Trinajstić information content (AvgIpc) is 3.12. The van der Waals surface area contributed by atoms with E-state index in [0.29, 0.717) is 30.9 Å². The molecule has 0 aliphatic rings. The lowest BCUT2D eigenvalue weighted by Gasteiger charge is -2.10. The molecule has 7 nitrogen and oxygen atoms in total. The molecule has 2 aromatic carbocycles. The van der Waals surface area contributed by atoms with Crippen molar-refractivity contribution in [3.05, 3.63) is 68.4 Å². The van der Waals surface area contributed by atoms with Crippen LogP contribution in [0.5, 0.6) is 5.75 Å². The monoisotopic (exact) mass is 484 g/mol. The van der Waals surface area contributed by atoms with Crippen LogP contribution in [0.4, 0.5) is 5.69 Å². The Morgan fingerprint density at radius 3 is 2.53 bits per heavy atom. The molecule has 0 fully saturated rings. The number of hydrogen-bond donors (Lipinski definition) is 1. The largest absolute Gasteiger partial charge is 0.497 e. The Morgan fingerprint density at radius 1 is 1.19 bits per heavy atom. The Hall–Kier alpha value is -2.95. The number of fused-ring (bicyclic) bond motifs is 1. The van der Waals surface area contributed by atoms with E-state index in [9.17, 15) is 9.59 Å². The molecule has 0 aliphatic heterocycles. The number of methoxy groups -OCH3 is 1. The number of rotatable bonds is 6. The Morgan fingerprint density at radius 2 is 1.88 bits per heavy atom. The van der Waals surface area contributed by atoms with E-state index in [0.717, 1.165) is 11.3 Å². The lowest BCUT2D eigenvalue weighted by molar-refractivity contribution is -0.113. The van der Waals surface area contributed by atoms with Crippen LogP contribution in [0.25, 0.3) is 16.0 Å². The maximum absolute atomic E-state index is 12.9. The van der Waals surface area contributed by atoms with Crippen LogP contribution in [0, 0.1) is 10.9 Å². The smallest absolute Gasteiger partial charge is 0.273 e. The van der Waals surface area contributed by atoms with Crippen LogP contribution >= 0.6 is 35.3 Å². The van der Waals surface area contributed by atoms with Gasteiger partial charge >= 0.3 is 0 Å². The fraction of sp³-hybridized carbons (Fsp3) is 0.182. The molecule has 0 unspecified atom stereocenters. The Balaban J connectivity index is 1.61. The Kier molecular flexibility index (Phi) is 6.45. The molecule has 164 valence electrons. The number of amides is 1. The van der Waals surface area contributed by atoms with E-state index in [1.807, 2.05) is 31.2 Å². The highest BCUT2D eigenvalue weighted by molar-refractivity contribution is 7.99. The van der Waals surface area contributed by atoms with Gasteiger partial charge in [0.25, 0.3) is 5.56 Å². The van der Waals surface area contributed by atoms with Gasteiger partial charge in [-0.3, -0.25) is 18.7 Å². The van der Waals surface area contributed by atoms with Crippen molar-refractivity contribution in [3.8, 4) is 11.4 Å². The van der Waals surface area contributed by atoms with Crippen LogP contribution in [0.3, 0.4) is 0 Å². The summed E-state index contributed by atoms with van der Waals surface area (Å²) in [4.78, 5) is 30.1. The van der Waals surface area contributed by atoms with Crippen molar-refractivity contribution in [3.63, 3.8) is 0 Å². The summed E-state index contributed by atoms with van der Waals surface area (Å²) in [7, 11) is 3.24. The molecular weight excluding hydrogens is 464 g/mol. The minimum atomic E-state index is -0.199. The molecule has 0 saturated heterocycles. The third-order valence-electron chi connectivity index (χ3n) is 4.77. The first-order valence-corrected chi connectivity index (χ1v) is 11.8. The third-order valence-corrected chi connectivity index (χ3v) is 7.15. The van der Waals surface area contributed by atoms with Gasteiger partial charge in [0.05, 0.1) is 12.9 Å². The Labute approximate surface area is 197 Å². The number of nitrogens with one attached hydrogen (secondary N) is 1. The van der Waals surface area contributed by atoms with Crippen LogP contribution in [-0.4, -0.2) is 32.9 Å². The number of thiazole rings is 1. The maximum atomic E-state index is 12.9. The summed E-state index contributed by atoms with van der Waals surface area (Å²) in [5, 5.41) is 3.28. The van der Waals surface area contributed by atoms with Gasteiger partial charge in [0.1, 0.15) is 10.4 Å². The van der Waals surface area contributed by atoms with E-state index in [4.69, 9.17) is 21.9 Å². The molecule has 2 heterocycles. The minimum Gasteiger partial charge on any atom is -0.497 e. The van der Waals surface area contributed by atoms with Crippen LogP contribution in [0.15, 0.2) is 58.5 Å². The van der Waals surface area contributed by atoms with E-state index in [1.165, 1.54) is 27.7 Å². The summed E-state index contributed by atoms with van der Waals surface area (Å²) in [6, 6.07) is 15.0. The predicted molar refractivity (Wildman–Crippen MR) is 132 cm³/mol. The van der Waals surface area contributed by atoms with Crippen LogP contribution in [-0.2, 0) is 11.8 Å². The van der Waals surface area contributed by atoms with Crippen molar-refractivity contribution in [2.45, 2.75) is 12.1 Å². The molecule has 0 saturated carbocycles. The first kappa shape index (κ1) is 22.3. The second kappa shape index (κ2) is 9.27. The molecular formula is C22H20N4O3S3. The van der Waals surface area contributed by atoms with Gasteiger partial charge in [0.2, 0.25) is 5.91 Å². The molecule has 0 atom stereocenters. The van der Waals surface area contributed by atoms with E-state index < -0.39 is 0 Å². The highest BCUT2D eigenvalue weighted by Gasteiger charge is 2.17. The number of aromatic nitrogens is 3. The molecule has 0 spiro atoms. The van der Waals surface area contributed by atoms with Crippen molar-refractivity contribution in [2.24, 2.45) is 7.05 Å². The number of thioether (sulfide) groups is 1. The van der Waals surface area contributed by atoms with E-state index in [2.05, 4.69) is 5.32 Å². The molecule has 4 rings (SSSR count). The standard InChI is InChI=1S/C22H20N4O3S3/c1-13-4-8-15(9-5-13)26-19-18(32-22(26)30)20(28)25(2)21(24-19)31-12-17(27)23-14-6-10-16(29-3)11-7-14/h4-11H,12H2,1-3H3,(H,23,27). The van der Waals surface area contributed by atoms with E-state index >= 15 is 0 Å². The van der Waals surface area contributed by atoms with Crippen molar-refractivity contribution < 1.29 is 9.53 Å². The van der Waals surface area contributed by atoms with E-state index in [-0.39, 0.29) is 17.2 Å². The summed E-state index contributed by atoms with van der Waals surface area (Å²) in [6.45, 7) is 2.01. The van der Waals surface area contributed by atoms with Crippen molar-refractivity contribution in [1.82, 2.24) is 14.1 Å². The highest BCUT2D eigenvalue weighted by Crippen LogP contribution is 2.26. The molecule has 4 aromatic rings. The summed E-state index contributed by atoms with van der Waals surface area (Å²) >= 11 is 7.96. The SMILES string of the molecule is COc1ccc(NC(=O)CSc2nc3c(sc(=S)n3-c3ccc(C)cc3)c(=O)n2C)cc1. The van der Waals surface area contributed by atoms with Crippen LogP contribution < -0.4 is 15.6 Å². The number of hydrogen-bond acceptors (Lipinski definition) is 7. The average molecular weight is 485 g/mol. The van der Waals surface area contributed by atoms with Gasteiger partial charge in [-0.25, -0.2) is 4.98 Å². The number of aryl methyl sites for hydroxylation is 1. The van der Waals surface area contributed by atoms with Gasteiger partial charge in [-0.2, -0.15) is 0 Å². The molecule has 32 heavy (non-hydrogen) atoms. The van der Waals surface area contributed by atoms with Gasteiger partial charge in [0, 0.05) is 18.4 Å². The minimum absolute atomic E-state index is 0.104. The predicted octanol–water partition coefficient (Wildman–Crippen LogP) is 4.56. The summed E-state index contributed by atoms with van der Waals surface area (Å²) in [5.74, 6) is 0.617. The van der Waals surface area contributed by atoms with Crippen molar-refractivity contribution >= 4 is 57.3 Å². The molecule has 1 amide bonds. The molecule has 0 radical (unpaired) electrons. The fourth-order valence-corrected chi connectivity index (χ4v) is 5.18. The van der Waals surface area contributed by atoms with Gasteiger partial charge in [-0.05, 0) is 55.5 Å². The quantitative estimate of drug-likeness (QED) is 0.246. The zero-order valence-electron chi connectivity index (χ0n) is 17.6. The maximum Gasteiger partial charge on any atom is 0.273 e. The summed E-state index contributed by atoms with van der Waals surface area (Å²) in [6.07, 6.45) is 0. The number of carbonyl (C=O) groups is 1. The lowest BCUT2D eigenvalue weighted by atomic mass is 10.2. The first-order chi connectivity index (χ1) is 15.4. The third kappa shape index (κ3) is 4.47. The first-order valence-electron chi connectivity index (χ1n) is 9.63. The lowest BCUT2D eigenvalue weighted by Crippen LogP contribution is -2.21. The number of nitrogens with zero attached hydrogens (tertiary/aromatic N) is 3. The van der Waals surface area contributed by atoms with Crippen LogP contribution in [0.2, 0.25) is 0 Å². The number of ether oxygens (including phenoxy) is 1. The van der Waals surface area contributed by atoms with E-state index in [1.54, 1.807) is 43.0 Å². The molecule has 10 heteroatoms. The number of anilines is 1. The van der Waals surface area contributed by atoms with Gasteiger partial charge < -0.3 is 10.1 Å². The molecule has 2 aromatic heterocycles. The molecule has 0 aliphatic carbocycles. The number of carbonyl (C=O) groups excluding carboxylic acids is 1. The second-order valence-electron chi connectivity index (χ2n) is 7.02. The molecule has 1 N–H and O–H groups in total. The second-order valence-corrected chi connectivity index (χ2v) is 9.60. The zero-order chi connectivity index (χ0) is 22.8. The Bertz CT molecular complexity index is 1400. The summed E-state index contributed by atoms with van der Waals surface area (Å²) < 4.78 is 9.42. The van der Waals surface area contributed by atoms with Crippen molar-refractivity contribution in [2.75, 3.05) is 18.2 Å². The molecule has 0 bridgehead atoms. The van der Waals surface area contributed by atoms with Gasteiger partial charge in [-0.15, -0.1) is 0 Å². The fourth-order valence-electron chi connectivity index (χ4n) is 3.06. The van der Waals surface area contributed by atoms with Gasteiger partial charge in [0.15, 0.2) is 14.8 Å². The topological polar surface area (TPSA) is 78.2 Å². The zero-order valence-corrected chi connectivity index (χ0v) is 20.1. The van der Waals surface area contributed by atoms with Gasteiger partial charge in [-0.1, -0.05) is 40.8 Å². The highest BCUT2D eigenvalue weighted by atomic mass is 32.2. The summed E-state index contributed by atoms with van der Waals surface area (Å²) in [5.41, 5.74) is 2.96. The van der Waals surface area contributed by atoms with Crippen LogP contribution in [0.1, 0.15) is 5.56 Å². The number of benzene rings is 2. The normalized spacial score (nSPS) is 11.0. The van der Waals surface area contributed by atoms with Crippen molar-refractivity contribution in [1.29, 1.82) is 0 Å².